The first-order valence-electron chi connectivity index (χ1n) is 10.2. The quantitative estimate of drug-likeness (QED) is 0.509. The number of hydrogen-bond acceptors (Lipinski definition) is 3. The number of rotatable bonds is 5. The third kappa shape index (κ3) is 3.73. The molecular formula is C26H26N2O2. The van der Waals surface area contributed by atoms with Crippen molar-refractivity contribution in [3.63, 3.8) is 0 Å². The van der Waals surface area contributed by atoms with Crippen LogP contribution in [-0.2, 0) is 10.2 Å². The lowest BCUT2D eigenvalue weighted by Crippen LogP contribution is -2.25. The van der Waals surface area contributed by atoms with E-state index in [1.54, 1.807) is 11.9 Å². The summed E-state index contributed by atoms with van der Waals surface area (Å²) in [7, 11) is 1.77. The van der Waals surface area contributed by atoms with Crippen LogP contribution in [0, 0.1) is 0 Å². The van der Waals surface area contributed by atoms with Crippen molar-refractivity contribution >= 4 is 23.0 Å². The summed E-state index contributed by atoms with van der Waals surface area (Å²) >= 11 is 0. The second kappa shape index (κ2) is 7.79. The number of nitrogens with zero attached hydrogens (tertiary/aromatic N) is 2. The maximum Gasteiger partial charge on any atom is 0.277 e. The molecule has 0 bridgehead atoms. The monoisotopic (exact) mass is 398 g/mol. The van der Waals surface area contributed by atoms with E-state index in [1.807, 2.05) is 60.7 Å². The van der Waals surface area contributed by atoms with Crippen LogP contribution in [0.25, 0.3) is 0 Å². The minimum atomic E-state index is -0.0911. The molecule has 0 saturated carbocycles. The Balaban J connectivity index is 1.51. The van der Waals surface area contributed by atoms with Crippen LogP contribution in [0.4, 0.5) is 11.4 Å². The predicted molar refractivity (Wildman–Crippen MR) is 122 cm³/mol. The largest absolute Gasteiger partial charge is 0.457 e. The van der Waals surface area contributed by atoms with Gasteiger partial charge in [0, 0.05) is 12.6 Å². The van der Waals surface area contributed by atoms with Gasteiger partial charge in [-0.05, 0) is 59.9 Å². The van der Waals surface area contributed by atoms with E-state index in [2.05, 4.69) is 37.9 Å². The summed E-state index contributed by atoms with van der Waals surface area (Å²) in [5.74, 6) is 1.44. The Morgan fingerprint density at radius 1 is 0.900 bits per heavy atom. The van der Waals surface area contributed by atoms with Crippen LogP contribution in [-0.4, -0.2) is 18.7 Å². The molecule has 4 heteroatoms. The van der Waals surface area contributed by atoms with Crippen LogP contribution < -0.4 is 9.64 Å². The third-order valence-electron chi connectivity index (χ3n) is 5.86. The normalized spacial score (nSPS) is 14.9. The van der Waals surface area contributed by atoms with Crippen LogP contribution in [0.2, 0.25) is 0 Å². The van der Waals surface area contributed by atoms with Crippen molar-refractivity contribution in [3.8, 4) is 11.5 Å². The van der Waals surface area contributed by atoms with Crippen molar-refractivity contribution in [2.45, 2.75) is 32.6 Å². The van der Waals surface area contributed by atoms with E-state index in [0.717, 1.165) is 34.9 Å². The summed E-state index contributed by atoms with van der Waals surface area (Å²) in [6, 6.07) is 23.4. The van der Waals surface area contributed by atoms with Crippen LogP contribution in [0.3, 0.4) is 0 Å². The van der Waals surface area contributed by atoms with Crippen LogP contribution in [0.5, 0.6) is 11.5 Å². The van der Waals surface area contributed by atoms with E-state index in [-0.39, 0.29) is 11.3 Å². The first kappa shape index (κ1) is 19.9. The Morgan fingerprint density at radius 3 is 2.13 bits per heavy atom. The van der Waals surface area contributed by atoms with Gasteiger partial charge in [-0.1, -0.05) is 51.1 Å². The second-order valence-electron chi connectivity index (χ2n) is 8.20. The molecule has 0 radical (unpaired) electrons. The predicted octanol–water partition coefficient (Wildman–Crippen LogP) is 6.26. The number of fused-ring (bicyclic) bond motifs is 1. The molecule has 30 heavy (non-hydrogen) atoms. The summed E-state index contributed by atoms with van der Waals surface area (Å²) in [4.78, 5) is 18.8. The first-order valence-corrected chi connectivity index (χ1v) is 10.2. The molecule has 4 rings (SSSR count). The maximum absolute atomic E-state index is 12.6. The number of amides is 1. The Hall–Kier alpha value is -3.40. The number of aliphatic imine (C=N–C) groups is 1. The van der Waals surface area contributed by atoms with Gasteiger partial charge in [0.15, 0.2) is 0 Å². The Bertz CT molecular complexity index is 1100. The topological polar surface area (TPSA) is 41.9 Å². The number of anilines is 1. The lowest BCUT2D eigenvalue weighted by Gasteiger charge is -2.23. The lowest BCUT2D eigenvalue weighted by atomic mass is 9.82. The highest BCUT2D eigenvalue weighted by atomic mass is 16.5. The molecule has 0 spiro atoms. The molecule has 0 atom stereocenters. The molecular weight excluding hydrogens is 372 g/mol. The number of likely N-dealkylation sites (N-methyl/N-ethyl adjacent to an activating group) is 1. The van der Waals surface area contributed by atoms with E-state index < -0.39 is 0 Å². The van der Waals surface area contributed by atoms with Crippen molar-refractivity contribution in [2.24, 2.45) is 4.99 Å². The van der Waals surface area contributed by atoms with Crippen molar-refractivity contribution in [2.75, 3.05) is 11.9 Å². The molecule has 0 unspecified atom stereocenters. The zero-order chi connectivity index (χ0) is 21.3. The summed E-state index contributed by atoms with van der Waals surface area (Å²) in [5, 5.41) is 0. The Labute approximate surface area is 177 Å². The lowest BCUT2D eigenvalue weighted by molar-refractivity contribution is -0.111. The van der Waals surface area contributed by atoms with Crippen LogP contribution in [0.15, 0.2) is 77.8 Å². The molecule has 3 aromatic carbocycles. The summed E-state index contributed by atoms with van der Waals surface area (Å²) < 4.78 is 5.98. The van der Waals surface area contributed by atoms with Gasteiger partial charge in [0.1, 0.15) is 17.2 Å². The molecule has 0 N–H and O–H groups in total. The third-order valence-corrected chi connectivity index (χ3v) is 5.86. The van der Waals surface area contributed by atoms with Gasteiger partial charge in [-0.3, -0.25) is 4.79 Å². The van der Waals surface area contributed by atoms with E-state index in [4.69, 9.17) is 4.74 Å². The van der Waals surface area contributed by atoms with Crippen molar-refractivity contribution < 1.29 is 9.53 Å². The SMILES string of the molecule is CCC(C)(C)c1ccc(Oc2ccc(N=C3C(=O)N(C)c4ccccc43)cc2)cc1. The van der Waals surface area contributed by atoms with Gasteiger partial charge in [-0.2, -0.15) is 0 Å². The van der Waals surface area contributed by atoms with Gasteiger partial charge < -0.3 is 9.64 Å². The number of para-hydroxylation sites is 1. The fourth-order valence-corrected chi connectivity index (χ4v) is 3.49. The average Bonchev–Trinajstić information content (AvgIpc) is 3.00. The number of carbonyl (C=O) groups is 1. The molecule has 0 aliphatic carbocycles. The molecule has 1 amide bonds. The first-order chi connectivity index (χ1) is 14.4. The molecule has 1 aliphatic rings. The van der Waals surface area contributed by atoms with Gasteiger partial charge in [0.2, 0.25) is 0 Å². The highest BCUT2D eigenvalue weighted by Crippen LogP contribution is 2.32. The number of hydrogen-bond donors (Lipinski definition) is 0. The number of carbonyl (C=O) groups excluding carboxylic acids is 1. The minimum Gasteiger partial charge on any atom is -0.457 e. The average molecular weight is 399 g/mol. The summed E-state index contributed by atoms with van der Waals surface area (Å²) in [6.07, 6.45) is 1.08. The van der Waals surface area contributed by atoms with Crippen molar-refractivity contribution in [1.82, 2.24) is 0 Å². The highest BCUT2D eigenvalue weighted by molar-refractivity contribution is 6.54. The Kier molecular flexibility index (Phi) is 5.17. The molecule has 3 aromatic rings. The fraction of sp³-hybridized carbons (Fsp3) is 0.231. The molecule has 1 aliphatic heterocycles. The van der Waals surface area contributed by atoms with E-state index in [1.165, 1.54) is 5.56 Å². The van der Waals surface area contributed by atoms with Crippen LogP contribution in [0.1, 0.15) is 38.3 Å². The van der Waals surface area contributed by atoms with Gasteiger partial charge in [-0.25, -0.2) is 4.99 Å². The number of benzene rings is 3. The molecule has 4 nitrogen and oxygen atoms in total. The smallest absolute Gasteiger partial charge is 0.277 e. The van der Waals surface area contributed by atoms with Gasteiger partial charge >= 0.3 is 0 Å². The standard InChI is InChI=1S/C26H26N2O2/c1-5-26(2,3)18-10-14-20(15-11-18)30-21-16-12-19(13-17-21)27-24-22-8-6-7-9-23(22)28(4)25(24)29/h6-17H,5H2,1-4H3. The summed E-state index contributed by atoms with van der Waals surface area (Å²) in [5.41, 5.74) is 4.39. The molecule has 0 aromatic heterocycles. The van der Waals surface area contributed by atoms with Gasteiger partial charge in [-0.15, -0.1) is 0 Å². The number of ether oxygens (including phenoxy) is 1. The zero-order valence-corrected chi connectivity index (χ0v) is 17.8. The van der Waals surface area contributed by atoms with E-state index in [9.17, 15) is 4.79 Å². The van der Waals surface area contributed by atoms with Crippen molar-refractivity contribution in [3.05, 3.63) is 83.9 Å². The molecule has 152 valence electrons. The fourth-order valence-electron chi connectivity index (χ4n) is 3.49. The maximum atomic E-state index is 12.6. The second-order valence-corrected chi connectivity index (χ2v) is 8.20. The minimum absolute atomic E-state index is 0.0911. The van der Waals surface area contributed by atoms with Crippen LogP contribution >= 0.6 is 0 Å². The van der Waals surface area contributed by atoms with E-state index >= 15 is 0 Å². The molecule has 0 fully saturated rings. The van der Waals surface area contributed by atoms with Gasteiger partial charge in [0.25, 0.3) is 5.91 Å². The summed E-state index contributed by atoms with van der Waals surface area (Å²) in [6.45, 7) is 6.69. The zero-order valence-electron chi connectivity index (χ0n) is 17.8. The molecule has 1 heterocycles. The van der Waals surface area contributed by atoms with Gasteiger partial charge in [0.05, 0.1) is 11.4 Å². The van der Waals surface area contributed by atoms with E-state index in [0.29, 0.717) is 5.71 Å². The highest BCUT2D eigenvalue weighted by Gasteiger charge is 2.30. The Morgan fingerprint density at radius 2 is 1.50 bits per heavy atom. The van der Waals surface area contributed by atoms with Crippen molar-refractivity contribution in [1.29, 1.82) is 0 Å². The molecule has 0 saturated heterocycles.